The third-order valence-corrected chi connectivity index (χ3v) is 5.19. The lowest BCUT2D eigenvalue weighted by Gasteiger charge is -2.31. The van der Waals surface area contributed by atoms with Crippen molar-refractivity contribution in [3.63, 3.8) is 0 Å². The van der Waals surface area contributed by atoms with Crippen LogP contribution in [0.25, 0.3) is 10.7 Å². The minimum Gasteiger partial charge on any atom is -0.341 e. The summed E-state index contributed by atoms with van der Waals surface area (Å²) in [5, 5.41) is 15.5. The molecule has 9 heteroatoms. The first-order valence-corrected chi connectivity index (χ1v) is 9.13. The Kier molecular flexibility index (Phi) is 4.55. The molecule has 2 aromatic rings. The monoisotopic (exact) mass is 358 g/mol. The summed E-state index contributed by atoms with van der Waals surface area (Å²) in [6.45, 7) is 2.19. The average molecular weight is 358 g/mol. The SMILES string of the molecule is O=C(CN1C=CCN=N1)N1CCC(c2nc(-c3cccs3)no2)CC1. The molecule has 0 atom stereocenters. The first-order valence-electron chi connectivity index (χ1n) is 8.25. The zero-order chi connectivity index (χ0) is 17.1. The molecule has 4 heterocycles. The van der Waals surface area contributed by atoms with Crippen molar-refractivity contribution in [3.05, 3.63) is 35.7 Å². The average Bonchev–Trinajstić information content (AvgIpc) is 3.34. The number of carbonyl (C=O) groups is 1. The van der Waals surface area contributed by atoms with Gasteiger partial charge in [0.15, 0.2) is 0 Å². The number of hydrogen-bond acceptors (Lipinski definition) is 8. The maximum absolute atomic E-state index is 12.4. The van der Waals surface area contributed by atoms with Gasteiger partial charge in [0, 0.05) is 25.2 Å². The van der Waals surface area contributed by atoms with Gasteiger partial charge in [-0.25, -0.2) is 5.01 Å². The molecule has 0 aromatic carbocycles. The number of piperidine rings is 1. The third kappa shape index (κ3) is 3.60. The summed E-state index contributed by atoms with van der Waals surface area (Å²) in [7, 11) is 0. The van der Waals surface area contributed by atoms with Crippen molar-refractivity contribution >= 4 is 17.2 Å². The van der Waals surface area contributed by atoms with Gasteiger partial charge in [-0.1, -0.05) is 16.4 Å². The van der Waals surface area contributed by atoms with Gasteiger partial charge >= 0.3 is 0 Å². The number of carbonyl (C=O) groups excluding carboxylic acids is 1. The van der Waals surface area contributed by atoms with Gasteiger partial charge in [0.2, 0.25) is 17.6 Å². The number of thiophene rings is 1. The van der Waals surface area contributed by atoms with Gasteiger partial charge in [-0.3, -0.25) is 4.79 Å². The molecule has 0 unspecified atom stereocenters. The number of likely N-dealkylation sites (tertiary alicyclic amines) is 1. The molecular weight excluding hydrogens is 340 g/mol. The van der Waals surface area contributed by atoms with Crippen molar-refractivity contribution < 1.29 is 9.32 Å². The van der Waals surface area contributed by atoms with Gasteiger partial charge in [0.1, 0.15) is 6.54 Å². The Labute approximate surface area is 148 Å². The predicted octanol–water partition coefficient (Wildman–Crippen LogP) is 2.70. The molecule has 2 aromatic heterocycles. The van der Waals surface area contributed by atoms with Crippen molar-refractivity contribution in [1.29, 1.82) is 0 Å². The molecule has 1 amide bonds. The van der Waals surface area contributed by atoms with Crippen molar-refractivity contribution in [2.45, 2.75) is 18.8 Å². The maximum atomic E-state index is 12.4. The van der Waals surface area contributed by atoms with Crippen LogP contribution in [0.4, 0.5) is 0 Å². The van der Waals surface area contributed by atoms with Crippen LogP contribution in [-0.4, -0.2) is 52.1 Å². The lowest BCUT2D eigenvalue weighted by Crippen LogP contribution is -2.42. The second kappa shape index (κ2) is 7.14. The molecular formula is C16H18N6O2S. The lowest BCUT2D eigenvalue weighted by atomic mass is 9.97. The molecule has 0 radical (unpaired) electrons. The highest BCUT2D eigenvalue weighted by Gasteiger charge is 2.28. The van der Waals surface area contributed by atoms with Crippen LogP contribution in [0.5, 0.6) is 0 Å². The molecule has 0 bridgehead atoms. The van der Waals surface area contributed by atoms with Crippen molar-refractivity contribution in [3.8, 4) is 10.7 Å². The molecule has 2 aliphatic rings. The van der Waals surface area contributed by atoms with Gasteiger partial charge in [0.25, 0.3) is 0 Å². The largest absolute Gasteiger partial charge is 0.341 e. The fourth-order valence-corrected chi connectivity index (χ4v) is 3.62. The first-order chi connectivity index (χ1) is 12.3. The van der Waals surface area contributed by atoms with E-state index in [1.807, 2.05) is 28.5 Å². The van der Waals surface area contributed by atoms with E-state index in [2.05, 4.69) is 20.5 Å². The van der Waals surface area contributed by atoms with Crippen LogP contribution >= 0.6 is 11.3 Å². The predicted molar refractivity (Wildman–Crippen MR) is 91.7 cm³/mol. The van der Waals surface area contributed by atoms with E-state index in [0.29, 0.717) is 31.3 Å². The topological polar surface area (TPSA) is 87.2 Å². The Balaban J connectivity index is 1.32. The van der Waals surface area contributed by atoms with E-state index in [9.17, 15) is 4.79 Å². The van der Waals surface area contributed by atoms with Gasteiger partial charge in [-0.05, 0) is 30.4 Å². The zero-order valence-electron chi connectivity index (χ0n) is 13.6. The van der Waals surface area contributed by atoms with Crippen molar-refractivity contribution in [1.82, 2.24) is 20.0 Å². The fourth-order valence-electron chi connectivity index (χ4n) is 2.97. The molecule has 4 rings (SSSR count). The second-order valence-corrected chi connectivity index (χ2v) is 6.93. The van der Waals surface area contributed by atoms with E-state index < -0.39 is 0 Å². The quantitative estimate of drug-likeness (QED) is 0.838. The maximum Gasteiger partial charge on any atom is 0.244 e. The molecule has 25 heavy (non-hydrogen) atoms. The molecule has 0 aliphatic carbocycles. The molecule has 0 N–H and O–H groups in total. The van der Waals surface area contributed by atoms with Crippen LogP contribution < -0.4 is 0 Å². The molecule has 2 aliphatic heterocycles. The molecule has 8 nitrogen and oxygen atoms in total. The molecule has 0 spiro atoms. The van der Waals surface area contributed by atoms with E-state index >= 15 is 0 Å². The fraction of sp³-hybridized carbons (Fsp3) is 0.438. The summed E-state index contributed by atoms with van der Waals surface area (Å²) < 4.78 is 5.44. The van der Waals surface area contributed by atoms with Crippen molar-refractivity contribution in [2.24, 2.45) is 10.3 Å². The van der Waals surface area contributed by atoms with E-state index in [-0.39, 0.29) is 18.4 Å². The third-order valence-electron chi connectivity index (χ3n) is 4.32. The first kappa shape index (κ1) is 15.9. The van der Waals surface area contributed by atoms with Crippen LogP contribution in [0.2, 0.25) is 0 Å². The van der Waals surface area contributed by atoms with Gasteiger partial charge < -0.3 is 9.42 Å². The van der Waals surface area contributed by atoms with Crippen LogP contribution in [0.15, 0.2) is 44.6 Å². The minimum atomic E-state index is 0.0637. The van der Waals surface area contributed by atoms with Crippen LogP contribution in [0.1, 0.15) is 24.7 Å². The van der Waals surface area contributed by atoms with Gasteiger partial charge in [0.05, 0.1) is 11.4 Å². The number of rotatable bonds is 4. The minimum absolute atomic E-state index is 0.0637. The lowest BCUT2D eigenvalue weighted by molar-refractivity contribution is -0.133. The van der Waals surface area contributed by atoms with Gasteiger partial charge in [-0.2, -0.15) is 10.1 Å². The van der Waals surface area contributed by atoms with Crippen LogP contribution in [-0.2, 0) is 4.79 Å². The molecule has 1 fully saturated rings. The highest BCUT2D eigenvalue weighted by Crippen LogP contribution is 2.29. The number of hydrogen-bond donors (Lipinski definition) is 0. The molecule has 130 valence electrons. The zero-order valence-corrected chi connectivity index (χ0v) is 14.4. The van der Waals surface area contributed by atoms with Crippen LogP contribution in [0.3, 0.4) is 0 Å². The van der Waals surface area contributed by atoms with E-state index in [0.717, 1.165) is 17.7 Å². The summed E-state index contributed by atoms with van der Waals surface area (Å²) >= 11 is 1.59. The molecule has 1 saturated heterocycles. The summed E-state index contributed by atoms with van der Waals surface area (Å²) in [5.41, 5.74) is 0. The van der Waals surface area contributed by atoms with Gasteiger partial charge in [-0.15, -0.1) is 11.3 Å². The number of aromatic nitrogens is 2. The summed E-state index contributed by atoms with van der Waals surface area (Å²) in [5.74, 6) is 1.59. The summed E-state index contributed by atoms with van der Waals surface area (Å²) in [6, 6.07) is 3.95. The number of amides is 1. The number of nitrogens with zero attached hydrogens (tertiary/aromatic N) is 6. The smallest absolute Gasteiger partial charge is 0.244 e. The van der Waals surface area contributed by atoms with E-state index in [1.165, 1.54) is 0 Å². The Bertz CT molecular complexity index is 764. The highest BCUT2D eigenvalue weighted by atomic mass is 32.1. The summed E-state index contributed by atoms with van der Waals surface area (Å²) in [6.07, 6.45) is 5.33. The molecule has 0 saturated carbocycles. The van der Waals surface area contributed by atoms with Crippen molar-refractivity contribution in [2.75, 3.05) is 26.2 Å². The Morgan fingerprint density at radius 1 is 1.36 bits per heavy atom. The van der Waals surface area contributed by atoms with Crippen LogP contribution in [0, 0.1) is 0 Å². The normalized spacial score (nSPS) is 18.1. The highest BCUT2D eigenvalue weighted by molar-refractivity contribution is 7.13. The summed E-state index contributed by atoms with van der Waals surface area (Å²) in [4.78, 5) is 19.8. The van der Waals surface area contributed by atoms with E-state index in [4.69, 9.17) is 4.52 Å². The second-order valence-electron chi connectivity index (χ2n) is 5.98. The van der Waals surface area contributed by atoms with E-state index in [1.54, 1.807) is 22.5 Å². The Hall–Kier alpha value is -2.55. The Morgan fingerprint density at radius 2 is 2.24 bits per heavy atom. The standard InChI is InChI=1S/C16H18N6O2S/c23-14(11-22-7-2-6-17-20-22)21-8-4-12(5-9-21)16-18-15(19-24-16)13-3-1-10-25-13/h1-3,7,10,12H,4-6,8-9,11H2. The Morgan fingerprint density at radius 3 is 2.96 bits per heavy atom.